The van der Waals surface area contributed by atoms with Crippen LogP contribution in [0.4, 0.5) is 5.95 Å². The van der Waals surface area contributed by atoms with Gasteiger partial charge in [-0.1, -0.05) is 23.2 Å². The Morgan fingerprint density at radius 3 is 2.36 bits per heavy atom. The molecule has 2 fully saturated rings. The largest absolute Gasteiger partial charge is 0.760 e. The first-order valence-corrected chi connectivity index (χ1v) is 16.3. The zero-order valence-electron chi connectivity index (χ0n) is 24.4. The number of hydrogen-bond donors (Lipinski definition) is 2. The van der Waals surface area contributed by atoms with Crippen molar-refractivity contribution in [3.05, 3.63) is 58.3 Å². The Morgan fingerprint density at radius 1 is 1.02 bits per heavy atom. The molecule has 1 unspecified atom stereocenters. The molecule has 2 aromatic heterocycles. The Kier molecular flexibility index (Phi) is 11.4. The molecule has 1 amide bonds. The molecular formula is C29H35Cl2N8O4S-. The lowest BCUT2D eigenvalue weighted by molar-refractivity contribution is -0.120. The van der Waals surface area contributed by atoms with E-state index >= 15 is 0 Å². The van der Waals surface area contributed by atoms with Gasteiger partial charge in [-0.3, -0.25) is 13.9 Å². The van der Waals surface area contributed by atoms with E-state index in [2.05, 4.69) is 41.8 Å². The molecule has 1 aromatic carbocycles. The fourth-order valence-corrected chi connectivity index (χ4v) is 6.03. The summed E-state index contributed by atoms with van der Waals surface area (Å²) in [6.07, 6.45) is 5.15. The van der Waals surface area contributed by atoms with Gasteiger partial charge in [-0.15, -0.1) is 0 Å². The standard InChI is InChI=1S/C29H36Cl2N8O4S/c1-37-6-8-39(9-7-37)29-33-16-25(17-34-29)43-28-11-21(10-26(36-28)22-12-23(30)14-24(31)13-22)19-38-4-2-20(3-5-38)15-32-27(40)18-35-44(41)42/h10-14,16-17,20,35H,2-9,15,18-19H2,1H3,(H,32,40)(H,41,42)/p-1. The number of aromatic nitrogens is 3. The second kappa shape index (κ2) is 15.4. The summed E-state index contributed by atoms with van der Waals surface area (Å²) in [5.74, 6) is 1.56. The number of anilines is 1. The summed E-state index contributed by atoms with van der Waals surface area (Å²) in [5.41, 5.74) is 2.47. The molecule has 12 nitrogen and oxygen atoms in total. The van der Waals surface area contributed by atoms with Crippen molar-refractivity contribution in [2.24, 2.45) is 5.92 Å². The van der Waals surface area contributed by atoms with E-state index in [0.29, 0.717) is 52.3 Å². The van der Waals surface area contributed by atoms with Gasteiger partial charge in [-0.2, -0.15) is 0 Å². The van der Waals surface area contributed by atoms with Crippen molar-refractivity contribution < 1.29 is 18.3 Å². The predicted molar refractivity (Wildman–Crippen MR) is 169 cm³/mol. The third-order valence-electron chi connectivity index (χ3n) is 7.69. The molecule has 5 rings (SSSR count). The van der Waals surface area contributed by atoms with Gasteiger partial charge in [0.25, 0.3) is 0 Å². The van der Waals surface area contributed by atoms with Crippen molar-refractivity contribution >= 4 is 46.3 Å². The first kappa shape index (κ1) is 32.5. The van der Waals surface area contributed by atoms with Gasteiger partial charge < -0.3 is 24.4 Å². The number of ether oxygens (including phenoxy) is 1. The summed E-state index contributed by atoms with van der Waals surface area (Å²) >= 11 is 10.2. The smallest absolute Gasteiger partial charge is 0.234 e. The minimum atomic E-state index is -2.46. The fourth-order valence-electron chi connectivity index (χ4n) is 5.26. The summed E-state index contributed by atoms with van der Waals surface area (Å²) in [7, 11) is 2.11. The zero-order valence-corrected chi connectivity index (χ0v) is 26.7. The van der Waals surface area contributed by atoms with Crippen LogP contribution in [0.2, 0.25) is 10.0 Å². The molecule has 0 spiro atoms. The molecular weight excluding hydrogens is 627 g/mol. The number of benzene rings is 1. The highest BCUT2D eigenvalue weighted by Crippen LogP contribution is 2.31. The first-order chi connectivity index (χ1) is 21.2. The van der Waals surface area contributed by atoms with E-state index < -0.39 is 11.3 Å². The van der Waals surface area contributed by atoms with E-state index in [4.69, 9.17) is 32.9 Å². The highest BCUT2D eigenvalue weighted by molar-refractivity contribution is 7.77. The number of likely N-dealkylation sites (N-methyl/N-ethyl adjacent to an activating group) is 1. The Hall–Kier alpha value is -2.91. The number of nitrogens with one attached hydrogen (secondary N) is 2. The van der Waals surface area contributed by atoms with Crippen LogP contribution in [0.15, 0.2) is 42.7 Å². The number of rotatable bonds is 11. The maximum Gasteiger partial charge on any atom is 0.234 e. The number of nitrogens with zero attached hydrogens (tertiary/aromatic N) is 6. The van der Waals surface area contributed by atoms with Crippen LogP contribution >= 0.6 is 23.2 Å². The molecule has 0 radical (unpaired) electrons. The molecule has 15 heteroatoms. The summed E-state index contributed by atoms with van der Waals surface area (Å²) in [4.78, 5) is 32.5. The maximum absolute atomic E-state index is 11.8. The molecule has 2 saturated heterocycles. The average molecular weight is 663 g/mol. The summed E-state index contributed by atoms with van der Waals surface area (Å²) in [6.45, 7) is 6.32. The van der Waals surface area contributed by atoms with Crippen molar-refractivity contribution in [3.63, 3.8) is 0 Å². The summed E-state index contributed by atoms with van der Waals surface area (Å²) in [5, 5.41) is 3.84. The molecule has 2 N–H and O–H groups in total. The Balaban J connectivity index is 1.25. The van der Waals surface area contributed by atoms with E-state index in [-0.39, 0.29) is 12.5 Å². The van der Waals surface area contributed by atoms with Crippen LogP contribution in [0.25, 0.3) is 11.3 Å². The minimum absolute atomic E-state index is 0.256. The van der Waals surface area contributed by atoms with Gasteiger partial charge in [-0.05, 0) is 68.7 Å². The van der Waals surface area contributed by atoms with Crippen LogP contribution in [0.3, 0.4) is 0 Å². The quantitative estimate of drug-likeness (QED) is 0.295. The van der Waals surface area contributed by atoms with E-state index in [1.54, 1.807) is 18.5 Å². The zero-order chi connectivity index (χ0) is 31.1. The molecule has 0 aliphatic carbocycles. The number of carbonyl (C=O) groups is 1. The van der Waals surface area contributed by atoms with Crippen molar-refractivity contribution in [2.75, 3.05) is 64.3 Å². The summed E-state index contributed by atoms with van der Waals surface area (Å²) < 4.78 is 29.4. The van der Waals surface area contributed by atoms with Crippen LogP contribution in [0.1, 0.15) is 18.4 Å². The lowest BCUT2D eigenvalue weighted by Crippen LogP contribution is -2.45. The molecule has 0 bridgehead atoms. The minimum Gasteiger partial charge on any atom is -0.760 e. The van der Waals surface area contributed by atoms with E-state index in [9.17, 15) is 13.6 Å². The number of piperidine rings is 1. The van der Waals surface area contributed by atoms with Gasteiger partial charge >= 0.3 is 0 Å². The van der Waals surface area contributed by atoms with Crippen molar-refractivity contribution in [3.8, 4) is 22.9 Å². The third kappa shape index (κ3) is 9.54. The van der Waals surface area contributed by atoms with Gasteiger partial charge in [0.1, 0.15) is 0 Å². The predicted octanol–water partition coefficient (Wildman–Crippen LogP) is 3.10. The van der Waals surface area contributed by atoms with E-state index in [1.165, 1.54) is 0 Å². The number of pyridine rings is 1. The number of halogens is 2. The SMILES string of the molecule is CN1CCN(c2ncc(Oc3cc(CN4CCC(CNC(=O)CNS(=O)[O-])CC4)cc(-c4cc(Cl)cc(Cl)c4)n3)cn2)CC1. The van der Waals surface area contributed by atoms with Crippen molar-refractivity contribution in [1.82, 2.24) is 34.8 Å². The third-order valence-corrected chi connectivity index (χ3v) is 8.51. The van der Waals surface area contributed by atoms with Crippen LogP contribution in [-0.4, -0.2) is 98.8 Å². The van der Waals surface area contributed by atoms with Crippen LogP contribution in [-0.2, 0) is 22.6 Å². The van der Waals surface area contributed by atoms with E-state index in [0.717, 1.165) is 63.2 Å². The molecule has 2 aliphatic rings. The molecule has 0 saturated carbocycles. The Labute approximate surface area is 269 Å². The molecule has 44 heavy (non-hydrogen) atoms. The second-order valence-electron chi connectivity index (χ2n) is 11.0. The first-order valence-electron chi connectivity index (χ1n) is 14.4. The van der Waals surface area contributed by atoms with Crippen LogP contribution in [0, 0.1) is 5.92 Å². The normalized spacial score (nSPS) is 17.4. The Bertz CT molecular complexity index is 1430. The number of carbonyl (C=O) groups excluding carboxylic acids is 1. The number of likely N-dealkylation sites (tertiary alicyclic amines) is 1. The molecule has 1 atom stereocenters. The molecule has 2 aliphatic heterocycles. The highest BCUT2D eigenvalue weighted by atomic mass is 35.5. The monoisotopic (exact) mass is 661 g/mol. The number of piperazine rings is 1. The van der Waals surface area contributed by atoms with Crippen molar-refractivity contribution in [1.29, 1.82) is 0 Å². The second-order valence-corrected chi connectivity index (χ2v) is 12.7. The number of amides is 1. The van der Waals surface area contributed by atoms with Gasteiger partial charge in [0.2, 0.25) is 17.7 Å². The average Bonchev–Trinajstić information content (AvgIpc) is 3.00. The van der Waals surface area contributed by atoms with Crippen LogP contribution in [0.5, 0.6) is 11.6 Å². The van der Waals surface area contributed by atoms with Gasteiger partial charge in [0.15, 0.2) is 5.75 Å². The molecule has 236 valence electrons. The topological polar surface area (TPSA) is 139 Å². The van der Waals surface area contributed by atoms with Gasteiger partial charge in [0, 0.05) is 72.2 Å². The van der Waals surface area contributed by atoms with Gasteiger partial charge in [-0.25, -0.2) is 19.7 Å². The lowest BCUT2D eigenvalue weighted by Gasteiger charge is -2.32. The van der Waals surface area contributed by atoms with Crippen LogP contribution < -0.4 is 19.7 Å². The number of hydrogen-bond acceptors (Lipinski definition) is 10. The molecule has 4 heterocycles. The van der Waals surface area contributed by atoms with Gasteiger partial charge in [0.05, 0.1) is 24.6 Å². The highest BCUT2D eigenvalue weighted by Gasteiger charge is 2.21. The maximum atomic E-state index is 11.8. The Morgan fingerprint density at radius 2 is 1.70 bits per heavy atom. The van der Waals surface area contributed by atoms with Crippen molar-refractivity contribution in [2.45, 2.75) is 19.4 Å². The lowest BCUT2D eigenvalue weighted by atomic mass is 9.96. The fraction of sp³-hybridized carbons (Fsp3) is 0.448. The molecule has 3 aromatic rings. The van der Waals surface area contributed by atoms with E-state index in [1.807, 2.05) is 24.3 Å². The summed E-state index contributed by atoms with van der Waals surface area (Å²) in [6, 6.07) is 9.26.